The van der Waals surface area contributed by atoms with Crippen LogP contribution in [-0.2, 0) is 9.59 Å². The molecule has 0 saturated carbocycles. The van der Waals surface area contributed by atoms with E-state index in [2.05, 4.69) is 17.6 Å². The number of amides is 2. The molecule has 0 aromatic rings. The number of carbonyl (C=O) groups is 2. The molecule has 110 valence electrons. The quantitative estimate of drug-likeness (QED) is 0.748. The summed E-state index contributed by atoms with van der Waals surface area (Å²) in [5.41, 5.74) is 0. The predicted octanol–water partition coefficient (Wildman–Crippen LogP) is 0.749. The largest absolute Gasteiger partial charge is 0.355 e. The van der Waals surface area contributed by atoms with Gasteiger partial charge in [-0.2, -0.15) is 0 Å². The first-order valence-corrected chi connectivity index (χ1v) is 7.28. The van der Waals surface area contributed by atoms with E-state index in [4.69, 9.17) is 0 Å². The van der Waals surface area contributed by atoms with Crippen molar-refractivity contribution in [2.45, 2.75) is 45.6 Å². The summed E-state index contributed by atoms with van der Waals surface area (Å²) in [6.45, 7) is 5.99. The molecule has 1 saturated heterocycles. The van der Waals surface area contributed by atoms with Gasteiger partial charge in [0.15, 0.2) is 0 Å². The zero-order valence-electron chi connectivity index (χ0n) is 12.4. The first kappa shape index (κ1) is 16.0. The monoisotopic (exact) mass is 269 g/mol. The fraction of sp³-hybridized carbons (Fsp3) is 0.857. The van der Waals surface area contributed by atoms with Crippen molar-refractivity contribution in [3.05, 3.63) is 0 Å². The van der Waals surface area contributed by atoms with Crippen LogP contribution in [0.25, 0.3) is 0 Å². The van der Waals surface area contributed by atoms with Crippen molar-refractivity contribution in [3.8, 4) is 0 Å². The SMILES string of the molecule is CCCNC(=O)CN(C)C(=O)CC1NCCCC1C. The van der Waals surface area contributed by atoms with Gasteiger partial charge in [-0.05, 0) is 31.7 Å². The van der Waals surface area contributed by atoms with Crippen LogP contribution >= 0.6 is 0 Å². The number of carbonyl (C=O) groups excluding carboxylic acids is 2. The van der Waals surface area contributed by atoms with Gasteiger partial charge >= 0.3 is 0 Å². The first-order chi connectivity index (χ1) is 9.04. The molecule has 1 fully saturated rings. The van der Waals surface area contributed by atoms with Crippen LogP contribution in [0.15, 0.2) is 0 Å². The second-order valence-electron chi connectivity index (χ2n) is 5.48. The summed E-state index contributed by atoms with van der Waals surface area (Å²) < 4.78 is 0. The molecule has 2 N–H and O–H groups in total. The number of piperidine rings is 1. The summed E-state index contributed by atoms with van der Waals surface area (Å²) in [5, 5.41) is 6.18. The molecule has 5 heteroatoms. The van der Waals surface area contributed by atoms with Gasteiger partial charge in [-0.15, -0.1) is 0 Å². The summed E-state index contributed by atoms with van der Waals surface area (Å²) in [4.78, 5) is 25.1. The summed E-state index contributed by atoms with van der Waals surface area (Å²) in [7, 11) is 1.70. The van der Waals surface area contributed by atoms with E-state index in [0.717, 1.165) is 13.0 Å². The van der Waals surface area contributed by atoms with Crippen molar-refractivity contribution in [2.75, 3.05) is 26.7 Å². The Labute approximate surface area is 116 Å². The Bertz CT molecular complexity index is 307. The molecule has 0 aromatic carbocycles. The number of likely N-dealkylation sites (N-methyl/N-ethyl adjacent to an activating group) is 1. The summed E-state index contributed by atoms with van der Waals surface area (Å²) in [5.74, 6) is 0.486. The van der Waals surface area contributed by atoms with Crippen molar-refractivity contribution in [1.82, 2.24) is 15.5 Å². The Kier molecular flexibility index (Phi) is 6.84. The smallest absolute Gasteiger partial charge is 0.239 e. The van der Waals surface area contributed by atoms with Crippen LogP contribution in [0.2, 0.25) is 0 Å². The second kappa shape index (κ2) is 8.15. The van der Waals surface area contributed by atoms with Crippen LogP contribution in [0.1, 0.15) is 39.5 Å². The molecule has 1 aliphatic heterocycles. The van der Waals surface area contributed by atoms with Gasteiger partial charge in [0.1, 0.15) is 0 Å². The molecular formula is C14H27N3O2. The molecule has 5 nitrogen and oxygen atoms in total. The third-order valence-electron chi connectivity index (χ3n) is 3.70. The molecule has 2 unspecified atom stereocenters. The van der Waals surface area contributed by atoms with E-state index in [1.807, 2.05) is 6.92 Å². The fourth-order valence-corrected chi connectivity index (χ4v) is 2.36. The van der Waals surface area contributed by atoms with Gasteiger partial charge in [0.25, 0.3) is 0 Å². The lowest BCUT2D eigenvalue weighted by atomic mass is 9.90. The molecule has 2 amide bonds. The lowest BCUT2D eigenvalue weighted by molar-refractivity contribution is -0.135. The number of hydrogen-bond acceptors (Lipinski definition) is 3. The van der Waals surface area contributed by atoms with E-state index in [0.29, 0.717) is 18.9 Å². The maximum atomic E-state index is 12.1. The fourth-order valence-electron chi connectivity index (χ4n) is 2.36. The van der Waals surface area contributed by atoms with E-state index < -0.39 is 0 Å². The third-order valence-corrected chi connectivity index (χ3v) is 3.70. The Balaban J connectivity index is 2.33. The van der Waals surface area contributed by atoms with Gasteiger partial charge in [0, 0.05) is 26.1 Å². The van der Waals surface area contributed by atoms with Gasteiger partial charge in [-0.25, -0.2) is 0 Å². The van der Waals surface area contributed by atoms with E-state index in [-0.39, 0.29) is 24.4 Å². The highest BCUT2D eigenvalue weighted by Gasteiger charge is 2.25. The molecule has 19 heavy (non-hydrogen) atoms. The van der Waals surface area contributed by atoms with Gasteiger partial charge in [0.05, 0.1) is 6.54 Å². The lowest BCUT2D eigenvalue weighted by Gasteiger charge is -2.30. The van der Waals surface area contributed by atoms with Gasteiger partial charge in [0.2, 0.25) is 11.8 Å². The molecule has 0 aliphatic carbocycles. The minimum absolute atomic E-state index is 0.0397. The molecular weight excluding hydrogens is 242 g/mol. The van der Waals surface area contributed by atoms with Crippen LogP contribution in [0.3, 0.4) is 0 Å². The zero-order valence-corrected chi connectivity index (χ0v) is 12.4. The highest BCUT2D eigenvalue weighted by Crippen LogP contribution is 2.18. The van der Waals surface area contributed by atoms with Gasteiger partial charge in [-0.1, -0.05) is 13.8 Å². The third kappa shape index (κ3) is 5.59. The topological polar surface area (TPSA) is 61.4 Å². The standard InChI is InChI=1S/C14H27N3O2/c1-4-7-16-13(18)10-17(3)14(19)9-12-11(2)6-5-8-15-12/h11-12,15H,4-10H2,1-3H3,(H,16,18). The second-order valence-corrected chi connectivity index (χ2v) is 5.48. The lowest BCUT2D eigenvalue weighted by Crippen LogP contribution is -2.45. The minimum Gasteiger partial charge on any atom is -0.355 e. The molecule has 0 spiro atoms. The van der Waals surface area contributed by atoms with E-state index in [9.17, 15) is 9.59 Å². The summed E-state index contributed by atoms with van der Waals surface area (Å²) >= 11 is 0. The van der Waals surface area contributed by atoms with Crippen LogP contribution in [0, 0.1) is 5.92 Å². The highest BCUT2D eigenvalue weighted by atomic mass is 16.2. The van der Waals surface area contributed by atoms with Crippen molar-refractivity contribution in [2.24, 2.45) is 5.92 Å². The van der Waals surface area contributed by atoms with Crippen molar-refractivity contribution < 1.29 is 9.59 Å². The molecule has 1 rings (SSSR count). The zero-order chi connectivity index (χ0) is 14.3. The van der Waals surface area contributed by atoms with Gasteiger partial charge < -0.3 is 15.5 Å². The Morgan fingerprint density at radius 3 is 2.79 bits per heavy atom. The average Bonchev–Trinajstić information content (AvgIpc) is 2.38. The molecule has 0 bridgehead atoms. The normalized spacial score (nSPS) is 22.9. The van der Waals surface area contributed by atoms with E-state index in [1.165, 1.54) is 17.7 Å². The number of rotatable bonds is 6. The first-order valence-electron chi connectivity index (χ1n) is 7.28. The Morgan fingerprint density at radius 1 is 1.42 bits per heavy atom. The van der Waals surface area contributed by atoms with E-state index in [1.54, 1.807) is 7.05 Å². The Hall–Kier alpha value is -1.10. The summed E-state index contributed by atoms with van der Waals surface area (Å²) in [6.07, 6.45) is 3.75. The average molecular weight is 269 g/mol. The van der Waals surface area contributed by atoms with Crippen molar-refractivity contribution in [3.63, 3.8) is 0 Å². The Morgan fingerprint density at radius 2 is 2.16 bits per heavy atom. The van der Waals surface area contributed by atoms with Crippen LogP contribution in [0.5, 0.6) is 0 Å². The molecule has 1 heterocycles. The predicted molar refractivity (Wildman–Crippen MR) is 75.7 cm³/mol. The number of hydrogen-bond donors (Lipinski definition) is 2. The maximum Gasteiger partial charge on any atom is 0.239 e. The number of nitrogens with one attached hydrogen (secondary N) is 2. The van der Waals surface area contributed by atoms with Crippen LogP contribution in [-0.4, -0.2) is 49.4 Å². The number of nitrogens with zero attached hydrogens (tertiary/aromatic N) is 1. The molecule has 2 atom stereocenters. The summed E-state index contributed by atoms with van der Waals surface area (Å²) in [6, 6.07) is 0.252. The van der Waals surface area contributed by atoms with E-state index >= 15 is 0 Å². The van der Waals surface area contributed by atoms with Crippen LogP contribution in [0.4, 0.5) is 0 Å². The maximum absolute atomic E-state index is 12.1. The van der Waals surface area contributed by atoms with Crippen LogP contribution < -0.4 is 10.6 Å². The molecule has 0 aromatic heterocycles. The van der Waals surface area contributed by atoms with Crippen molar-refractivity contribution >= 4 is 11.8 Å². The molecule has 1 aliphatic rings. The minimum atomic E-state index is -0.0812. The highest BCUT2D eigenvalue weighted by molar-refractivity contribution is 5.84. The molecule has 0 radical (unpaired) electrons. The van der Waals surface area contributed by atoms with Crippen molar-refractivity contribution in [1.29, 1.82) is 0 Å². The van der Waals surface area contributed by atoms with Gasteiger partial charge in [-0.3, -0.25) is 9.59 Å².